The fourth-order valence-electron chi connectivity index (χ4n) is 3.18. The Morgan fingerprint density at radius 3 is 2.33 bits per heavy atom. The number of hydrogen-bond acceptors (Lipinski definition) is 8. The number of sulfone groups is 1. The first-order valence-electron chi connectivity index (χ1n) is 9.64. The van der Waals surface area contributed by atoms with Gasteiger partial charge in [-0.25, -0.2) is 35.7 Å². The first-order valence-corrected chi connectivity index (χ1v) is 14.6. The van der Waals surface area contributed by atoms with Gasteiger partial charge in [0.05, 0.1) is 30.8 Å². The number of hydrogen-bond donors (Lipinski definition) is 3. The molecular weight excluding hydrogens is 575 g/mol. The van der Waals surface area contributed by atoms with Crippen molar-refractivity contribution in [3.8, 4) is 5.69 Å². The molecule has 0 bridgehead atoms. The number of halogens is 2. The molecule has 0 spiro atoms. The molecule has 188 valence electrons. The molecule has 0 saturated carbocycles. The molecule has 2 heterocycles. The highest BCUT2D eigenvalue weighted by molar-refractivity contribution is 7.92. The van der Waals surface area contributed by atoms with Crippen LogP contribution in [0.15, 0.2) is 67.2 Å². The minimum absolute atomic E-state index is 0.0543. The van der Waals surface area contributed by atoms with Crippen LogP contribution in [0.4, 0.5) is 10.5 Å². The topological polar surface area (TPSA) is 164 Å². The normalized spacial score (nSPS) is 12.0. The molecule has 3 N–H and O–H groups in total. The van der Waals surface area contributed by atoms with Gasteiger partial charge in [-0.15, -0.1) is 11.3 Å². The van der Waals surface area contributed by atoms with E-state index in [1.165, 1.54) is 42.5 Å². The predicted octanol–water partition coefficient (Wildman–Crippen LogP) is 2.96. The third-order valence-electron chi connectivity index (χ3n) is 4.78. The van der Waals surface area contributed by atoms with Crippen molar-refractivity contribution in [2.24, 2.45) is 0 Å². The van der Waals surface area contributed by atoms with Crippen LogP contribution in [-0.4, -0.2) is 38.7 Å². The maximum absolute atomic E-state index is 13.1. The zero-order chi connectivity index (χ0) is 26.4. The number of aromatic amines is 1. The van der Waals surface area contributed by atoms with Crippen LogP contribution in [0, 0.1) is 0 Å². The van der Waals surface area contributed by atoms with E-state index in [1.807, 2.05) is 4.72 Å². The van der Waals surface area contributed by atoms with Gasteiger partial charge in [0.15, 0.2) is 9.84 Å². The number of urea groups is 1. The molecule has 2 aromatic carbocycles. The van der Waals surface area contributed by atoms with Crippen molar-refractivity contribution in [2.45, 2.75) is 9.10 Å². The molecule has 0 radical (unpaired) electrons. The van der Waals surface area contributed by atoms with E-state index in [-0.39, 0.29) is 40.7 Å². The number of nitrogens with one attached hydrogen (secondary N) is 3. The molecule has 36 heavy (non-hydrogen) atoms. The predicted molar refractivity (Wildman–Crippen MR) is 137 cm³/mol. The second-order valence-corrected chi connectivity index (χ2v) is 13.4. The Morgan fingerprint density at radius 2 is 1.72 bits per heavy atom. The number of benzene rings is 2. The molecule has 0 atom stereocenters. The van der Waals surface area contributed by atoms with Crippen LogP contribution in [0.3, 0.4) is 0 Å². The third-order valence-corrected chi connectivity index (χ3v) is 9.25. The van der Waals surface area contributed by atoms with Crippen LogP contribution in [0.25, 0.3) is 16.6 Å². The Labute approximate surface area is 217 Å². The SMILES string of the molecule is CS(=O)(=O)c1ccc2[nH]c(=O)n(-c3ccc(NC(=O)NS(=O)(=O)c4ccc(Cl)s4)cc3Cl)c(=O)c2c1. The molecule has 16 heteroatoms. The van der Waals surface area contributed by atoms with Crippen molar-refractivity contribution in [3.63, 3.8) is 0 Å². The largest absolute Gasteiger partial charge is 0.333 e. The van der Waals surface area contributed by atoms with Gasteiger partial charge in [0.1, 0.15) is 4.21 Å². The number of sulfonamides is 1. The van der Waals surface area contributed by atoms with Crippen LogP contribution in [0.2, 0.25) is 9.36 Å². The molecular formula is C20H14Cl2N4O7S3. The summed E-state index contributed by atoms with van der Waals surface area (Å²) >= 11 is 12.8. The molecule has 0 aliphatic rings. The lowest BCUT2D eigenvalue weighted by Crippen LogP contribution is -2.34. The van der Waals surface area contributed by atoms with Gasteiger partial charge in [-0.3, -0.25) is 4.79 Å². The van der Waals surface area contributed by atoms with Crippen molar-refractivity contribution in [3.05, 3.63) is 78.7 Å². The number of thiophene rings is 1. The molecule has 11 nitrogen and oxygen atoms in total. The van der Waals surface area contributed by atoms with E-state index < -0.39 is 37.1 Å². The van der Waals surface area contributed by atoms with E-state index in [4.69, 9.17) is 23.2 Å². The Balaban J connectivity index is 1.66. The number of H-pyrrole nitrogens is 1. The van der Waals surface area contributed by atoms with Crippen LogP contribution < -0.4 is 21.3 Å². The van der Waals surface area contributed by atoms with Crippen molar-refractivity contribution < 1.29 is 21.6 Å². The number of aromatic nitrogens is 2. The van der Waals surface area contributed by atoms with Gasteiger partial charge in [0.25, 0.3) is 15.6 Å². The smallest absolute Gasteiger partial charge is 0.307 e. The fraction of sp³-hybridized carbons (Fsp3) is 0.0500. The highest BCUT2D eigenvalue weighted by atomic mass is 35.5. The molecule has 4 rings (SSSR count). The van der Waals surface area contributed by atoms with Crippen molar-refractivity contribution in [2.75, 3.05) is 11.6 Å². The zero-order valence-corrected chi connectivity index (χ0v) is 21.9. The standard InChI is InChI=1S/C20H14Cl2N4O7S3/c1-35(30,31)11-3-4-14-12(9-11)18(27)26(20(29)24-14)15-5-2-10(8-13(15)21)23-19(28)25-36(32,33)17-7-6-16(22)34-17/h2-9H,1H3,(H,24,29)(H2,23,25,28). The molecule has 2 amide bonds. The summed E-state index contributed by atoms with van der Waals surface area (Å²) in [6.07, 6.45) is 0.984. The molecule has 0 unspecified atom stereocenters. The summed E-state index contributed by atoms with van der Waals surface area (Å²) in [5.74, 6) is 0. The number of nitrogens with zero attached hydrogens (tertiary/aromatic N) is 1. The lowest BCUT2D eigenvalue weighted by atomic mass is 10.2. The van der Waals surface area contributed by atoms with Gasteiger partial charge in [0.2, 0.25) is 0 Å². The van der Waals surface area contributed by atoms with E-state index in [0.29, 0.717) is 4.57 Å². The average Bonchev–Trinajstić information content (AvgIpc) is 3.21. The average molecular weight is 589 g/mol. The number of carbonyl (C=O) groups is 1. The van der Waals surface area contributed by atoms with E-state index in [1.54, 1.807) is 0 Å². The number of carbonyl (C=O) groups excluding carboxylic acids is 1. The van der Waals surface area contributed by atoms with Gasteiger partial charge >= 0.3 is 11.7 Å². The monoisotopic (exact) mass is 588 g/mol. The maximum atomic E-state index is 13.1. The van der Waals surface area contributed by atoms with Gasteiger partial charge in [-0.2, -0.15) is 0 Å². The summed E-state index contributed by atoms with van der Waals surface area (Å²) in [4.78, 5) is 40.3. The summed E-state index contributed by atoms with van der Waals surface area (Å²) in [7, 11) is -7.78. The van der Waals surface area contributed by atoms with Crippen molar-refractivity contribution in [1.82, 2.24) is 14.3 Å². The quantitative estimate of drug-likeness (QED) is 0.322. The first-order chi connectivity index (χ1) is 16.8. The Bertz CT molecular complexity index is 1880. The van der Waals surface area contributed by atoms with E-state index in [9.17, 15) is 31.2 Å². The van der Waals surface area contributed by atoms with Crippen LogP contribution >= 0.6 is 34.5 Å². The highest BCUT2D eigenvalue weighted by Crippen LogP contribution is 2.26. The van der Waals surface area contributed by atoms with Gasteiger partial charge in [0, 0.05) is 11.9 Å². The fourth-order valence-corrected chi connectivity index (χ4v) is 6.48. The van der Waals surface area contributed by atoms with Crippen LogP contribution in [0.1, 0.15) is 0 Å². The molecule has 0 aliphatic carbocycles. The van der Waals surface area contributed by atoms with Crippen LogP contribution in [-0.2, 0) is 19.9 Å². The summed E-state index contributed by atoms with van der Waals surface area (Å²) < 4.78 is 50.9. The van der Waals surface area contributed by atoms with Gasteiger partial charge in [-0.1, -0.05) is 23.2 Å². The lowest BCUT2D eigenvalue weighted by Gasteiger charge is -2.12. The summed E-state index contributed by atoms with van der Waals surface area (Å²) in [5.41, 5.74) is -1.51. The Morgan fingerprint density at radius 1 is 1.00 bits per heavy atom. The zero-order valence-electron chi connectivity index (χ0n) is 17.9. The van der Waals surface area contributed by atoms with Crippen molar-refractivity contribution in [1.29, 1.82) is 0 Å². The first kappa shape index (κ1) is 25.9. The van der Waals surface area contributed by atoms with E-state index in [2.05, 4.69) is 10.3 Å². The highest BCUT2D eigenvalue weighted by Gasteiger charge is 2.20. The number of anilines is 1. The Kier molecular flexibility index (Phi) is 6.74. The Hall–Kier alpha value is -3.17. The molecule has 0 saturated heterocycles. The van der Waals surface area contributed by atoms with E-state index >= 15 is 0 Å². The molecule has 0 aliphatic heterocycles. The maximum Gasteiger partial charge on any atom is 0.333 e. The number of amides is 2. The van der Waals surface area contributed by atoms with Gasteiger partial charge < -0.3 is 10.3 Å². The second kappa shape index (κ2) is 9.37. The lowest BCUT2D eigenvalue weighted by molar-refractivity contribution is 0.256. The number of fused-ring (bicyclic) bond motifs is 1. The second-order valence-electron chi connectivity index (χ2n) is 7.33. The van der Waals surface area contributed by atoms with E-state index in [0.717, 1.165) is 23.7 Å². The summed E-state index contributed by atoms with van der Waals surface area (Å²) in [5, 5.41) is 2.10. The third kappa shape index (κ3) is 5.17. The molecule has 2 aromatic heterocycles. The van der Waals surface area contributed by atoms with Crippen molar-refractivity contribution >= 4 is 77.0 Å². The summed E-state index contributed by atoms with van der Waals surface area (Å²) in [6, 6.07) is 9.00. The number of rotatable bonds is 5. The molecule has 0 fully saturated rings. The molecule has 4 aromatic rings. The minimum Gasteiger partial charge on any atom is -0.307 e. The minimum atomic E-state index is -4.16. The van der Waals surface area contributed by atoms with Crippen LogP contribution in [0.5, 0.6) is 0 Å². The van der Waals surface area contributed by atoms with Gasteiger partial charge in [-0.05, 0) is 48.5 Å². The summed E-state index contributed by atoms with van der Waals surface area (Å²) in [6.45, 7) is 0.